The van der Waals surface area contributed by atoms with Crippen molar-refractivity contribution in [1.29, 1.82) is 0 Å². The molecule has 1 heterocycles. The summed E-state index contributed by atoms with van der Waals surface area (Å²) in [7, 11) is 0. The Balaban J connectivity index is 1.98. The van der Waals surface area contributed by atoms with E-state index in [1.54, 1.807) is 5.38 Å². The average molecular weight is 301 g/mol. The summed E-state index contributed by atoms with van der Waals surface area (Å²) in [5, 5.41) is 16.9. The van der Waals surface area contributed by atoms with Crippen LogP contribution in [-0.4, -0.2) is 27.2 Å². The van der Waals surface area contributed by atoms with E-state index in [0.717, 1.165) is 22.7 Å². The maximum Gasteiger partial charge on any atom is 0.273 e. The first-order valence-corrected chi connectivity index (χ1v) is 7.32. The van der Waals surface area contributed by atoms with Crippen LogP contribution in [0.25, 0.3) is 0 Å². The fraction of sp³-hybridized carbons (Fsp3) is 0.267. The number of aliphatic hydroxyl groups is 1. The van der Waals surface area contributed by atoms with Crippen molar-refractivity contribution in [2.45, 2.75) is 19.4 Å². The van der Waals surface area contributed by atoms with Crippen LogP contribution in [-0.2, 0) is 0 Å². The Morgan fingerprint density at radius 1 is 1.43 bits per heavy atom. The lowest BCUT2D eigenvalue weighted by Crippen LogP contribution is -2.26. The van der Waals surface area contributed by atoms with E-state index in [9.17, 15) is 4.79 Å². The van der Waals surface area contributed by atoms with Crippen molar-refractivity contribution < 1.29 is 9.90 Å². The Morgan fingerprint density at radius 3 is 2.81 bits per heavy atom. The number of hydrogen-bond acceptors (Lipinski definition) is 5. The van der Waals surface area contributed by atoms with Gasteiger partial charge in [0.1, 0.15) is 0 Å². The van der Waals surface area contributed by atoms with E-state index in [4.69, 9.17) is 5.11 Å². The minimum atomic E-state index is -0.233. The SMILES string of the molecule is CC(NC(=O)c1csnn1)c1ccc(C#CCCO)cc1. The topological polar surface area (TPSA) is 75.1 Å². The van der Waals surface area contributed by atoms with Gasteiger partial charge in [-0.25, -0.2) is 0 Å². The van der Waals surface area contributed by atoms with Gasteiger partial charge >= 0.3 is 0 Å². The molecule has 0 saturated carbocycles. The fourth-order valence-corrected chi connectivity index (χ4v) is 2.13. The number of carbonyl (C=O) groups excluding carboxylic acids is 1. The third-order valence-corrected chi connectivity index (χ3v) is 3.33. The summed E-state index contributed by atoms with van der Waals surface area (Å²) in [4.78, 5) is 11.9. The normalized spacial score (nSPS) is 11.3. The number of hydrogen-bond donors (Lipinski definition) is 2. The zero-order chi connectivity index (χ0) is 15.1. The van der Waals surface area contributed by atoms with Crippen molar-refractivity contribution in [2.75, 3.05) is 6.61 Å². The van der Waals surface area contributed by atoms with Crippen LogP contribution in [0.15, 0.2) is 29.6 Å². The molecular weight excluding hydrogens is 286 g/mol. The quantitative estimate of drug-likeness (QED) is 0.844. The lowest BCUT2D eigenvalue weighted by molar-refractivity contribution is 0.0935. The number of amides is 1. The summed E-state index contributed by atoms with van der Waals surface area (Å²) in [6.07, 6.45) is 0.468. The molecule has 0 aliphatic carbocycles. The van der Waals surface area contributed by atoms with Crippen molar-refractivity contribution in [3.8, 4) is 11.8 Å². The number of nitrogens with one attached hydrogen (secondary N) is 1. The monoisotopic (exact) mass is 301 g/mol. The Bertz CT molecular complexity index is 642. The minimum absolute atomic E-state index is 0.0691. The number of aliphatic hydroxyl groups excluding tert-OH is 1. The van der Waals surface area contributed by atoms with Crippen molar-refractivity contribution in [3.05, 3.63) is 46.5 Å². The van der Waals surface area contributed by atoms with Crippen LogP contribution < -0.4 is 5.32 Å². The predicted octanol–water partition coefficient (Wildman–Crippen LogP) is 1.76. The van der Waals surface area contributed by atoms with Gasteiger partial charge in [-0.1, -0.05) is 28.5 Å². The Morgan fingerprint density at radius 2 is 2.19 bits per heavy atom. The van der Waals surface area contributed by atoms with Gasteiger partial charge in [0.05, 0.1) is 12.6 Å². The van der Waals surface area contributed by atoms with Gasteiger partial charge < -0.3 is 10.4 Å². The molecule has 108 valence electrons. The van der Waals surface area contributed by atoms with Gasteiger partial charge in [-0.05, 0) is 36.2 Å². The zero-order valence-electron chi connectivity index (χ0n) is 11.5. The summed E-state index contributed by atoms with van der Waals surface area (Å²) in [5.41, 5.74) is 2.20. The van der Waals surface area contributed by atoms with Crippen molar-refractivity contribution in [2.24, 2.45) is 0 Å². The summed E-state index contributed by atoms with van der Waals surface area (Å²) in [6, 6.07) is 7.51. The Hall–Kier alpha value is -2.23. The van der Waals surface area contributed by atoms with Crippen LogP contribution in [0.1, 0.15) is 41.0 Å². The molecule has 6 heteroatoms. The largest absolute Gasteiger partial charge is 0.395 e. The molecule has 0 radical (unpaired) electrons. The van der Waals surface area contributed by atoms with Gasteiger partial charge in [0.15, 0.2) is 5.69 Å². The van der Waals surface area contributed by atoms with E-state index in [1.165, 1.54) is 0 Å². The van der Waals surface area contributed by atoms with Crippen LogP contribution in [0.4, 0.5) is 0 Å². The maximum atomic E-state index is 11.9. The highest BCUT2D eigenvalue weighted by Gasteiger charge is 2.13. The zero-order valence-corrected chi connectivity index (χ0v) is 12.4. The lowest BCUT2D eigenvalue weighted by Gasteiger charge is -2.13. The van der Waals surface area contributed by atoms with Gasteiger partial charge in [0, 0.05) is 17.4 Å². The summed E-state index contributed by atoms with van der Waals surface area (Å²) < 4.78 is 3.67. The molecule has 21 heavy (non-hydrogen) atoms. The summed E-state index contributed by atoms with van der Waals surface area (Å²) in [6.45, 7) is 1.98. The number of rotatable bonds is 4. The van der Waals surface area contributed by atoms with E-state index >= 15 is 0 Å². The van der Waals surface area contributed by atoms with Gasteiger partial charge in [-0.15, -0.1) is 5.10 Å². The first-order chi connectivity index (χ1) is 10.2. The Kier molecular flexibility index (Phi) is 5.43. The number of carbonyl (C=O) groups is 1. The molecule has 1 unspecified atom stereocenters. The minimum Gasteiger partial charge on any atom is -0.395 e. The van der Waals surface area contributed by atoms with Crippen molar-refractivity contribution in [3.63, 3.8) is 0 Å². The second-order valence-corrected chi connectivity index (χ2v) is 4.99. The van der Waals surface area contributed by atoms with Crippen LogP contribution in [0.3, 0.4) is 0 Å². The van der Waals surface area contributed by atoms with E-state index in [-0.39, 0.29) is 18.6 Å². The molecule has 1 amide bonds. The molecule has 0 fully saturated rings. The average Bonchev–Trinajstić information content (AvgIpc) is 3.02. The van der Waals surface area contributed by atoms with Gasteiger partial charge in [0.2, 0.25) is 0 Å². The second kappa shape index (κ2) is 7.53. The molecule has 0 aliphatic rings. The molecule has 0 bridgehead atoms. The molecule has 0 aliphatic heterocycles. The summed E-state index contributed by atoms with van der Waals surface area (Å²) in [5.74, 6) is 5.59. The molecule has 1 atom stereocenters. The van der Waals surface area contributed by atoms with E-state index in [0.29, 0.717) is 12.1 Å². The van der Waals surface area contributed by atoms with E-state index in [2.05, 4.69) is 26.7 Å². The van der Waals surface area contributed by atoms with Gasteiger partial charge in [-0.3, -0.25) is 4.79 Å². The van der Waals surface area contributed by atoms with Crippen LogP contribution in [0, 0.1) is 11.8 Å². The molecule has 0 saturated heterocycles. The highest BCUT2D eigenvalue weighted by Crippen LogP contribution is 2.14. The molecule has 5 nitrogen and oxygen atoms in total. The van der Waals surface area contributed by atoms with Crippen LogP contribution in [0.2, 0.25) is 0 Å². The van der Waals surface area contributed by atoms with Crippen LogP contribution >= 0.6 is 11.5 Å². The first kappa shape index (κ1) is 15.2. The Labute approximate surface area is 127 Å². The number of nitrogens with zero attached hydrogens (tertiary/aromatic N) is 2. The van der Waals surface area contributed by atoms with Crippen LogP contribution in [0.5, 0.6) is 0 Å². The van der Waals surface area contributed by atoms with E-state index < -0.39 is 0 Å². The molecule has 1 aromatic carbocycles. The molecular formula is C15H15N3O2S. The molecule has 0 spiro atoms. The number of benzene rings is 1. The molecule has 2 aromatic rings. The third-order valence-electron chi connectivity index (χ3n) is 2.82. The highest BCUT2D eigenvalue weighted by molar-refractivity contribution is 7.03. The first-order valence-electron chi connectivity index (χ1n) is 6.48. The van der Waals surface area contributed by atoms with Gasteiger partial charge in [0.25, 0.3) is 5.91 Å². The van der Waals surface area contributed by atoms with Gasteiger partial charge in [-0.2, -0.15) is 0 Å². The standard InChI is InChI=1S/C15H15N3O2S/c1-11(16-15(20)14-10-21-18-17-14)13-7-5-12(6-8-13)4-2-3-9-19/h5-8,10-11,19H,3,9H2,1H3,(H,16,20). The van der Waals surface area contributed by atoms with Crippen molar-refractivity contribution >= 4 is 17.4 Å². The predicted molar refractivity (Wildman–Crippen MR) is 80.8 cm³/mol. The number of aromatic nitrogens is 2. The van der Waals surface area contributed by atoms with Crippen molar-refractivity contribution in [1.82, 2.24) is 14.9 Å². The fourth-order valence-electron chi connectivity index (χ4n) is 1.69. The second-order valence-electron chi connectivity index (χ2n) is 4.38. The highest BCUT2D eigenvalue weighted by atomic mass is 32.1. The van der Waals surface area contributed by atoms with E-state index in [1.807, 2.05) is 31.2 Å². The molecule has 2 N–H and O–H groups in total. The maximum absolute atomic E-state index is 11.9. The third kappa shape index (κ3) is 4.38. The lowest BCUT2D eigenvalue weighted by atomic mass is 10.1. The molecule has 1 aromatic heterocycles. The smallest absolute Gasteiger partial charge is 0.273 e. The molecule has 2 rings (SSSR count). The summed E-state index contributed by atoms with van der Waals surface area (Å²) >= 11 is 1.15.